The van der Waals surface area contributed by atoms with Gasteiger partial charge in [-0.25, -0.2) is 0 Å². The van der Waals surface area contributed by atoms with Crippen molar-refractivity contribution in [3.63, 3.8) is 0 Å². The van der Waals surface area contributed by atoms with Crippen LogP contribution in [-0.2, 0) is 14.3 Å². The number of aryl methyl sites for hydroxylation is 2. The molecule has 2 saturated heterocycles. The fraction of sp³-hybridized carbons (Fsp3) is 0.500. The van der Waals surface area contributed by atoms with Crippen molar-refractivity contribution in [2.24, 2.45) is 4.99 Å². The van der Waals surface area contributed by atoms with E-state index in [0.29, 0.717) is 11.7 Å². The van der Waals surface area contributed by atoms with Crippen molar-refractivity contribution >= 4 is 34.4 Å². The number of carbonyl (C=O) groups excluding carboxylic acids is 2. The van der Waals surface area contributed by atoms with E-state index in [1.807, 2.05) is 32.0 Å². The smallest absolute Gasteiger partial charge is 0.240 e. The molecule has 2 aliphatic heterocycles. The van der Waals surface area contributed by atoms with Crippen molar-refractivity contribution in [2.75, 3.05) is 18.5 Å². The molecule has 2 amide bonds. The summed E-state index contributed by atoms with van der Waals surface area (Å²) in [6.07, 6.45) is 2.35. The first-order valence-electron chi connectivity index (χ1n) is 8.52. The van der Waals surface area contributed by atoms with Crippen LogP contribution in [0.4, 0.5) is 5.69 Å². The van der Waals surface area contributed by atoms with E-state index in [4.69, 9.17) is 4.74 Å². The number of ether oxygens (including phenoxy) is 1. The molecule has 2 atom stereocenters. The highest BCUT2D eigenvalue weighted by atomic mass is 32.2. The minimum Gasteiger partial charge on any atom is -0.376 e. The Labute approximate surface area is 151 Å². The van der Waals surface area contributed by atoms with E-state index in [9.17, 15) is 9.59 Å². The Balaban J connectivity index is 1.52. The van der Waals surface area contributed by atoms with Crippen LogP contribution >= 0.6 is 11.8 Å². The van der Waals surface area contributed by atoms with E-state index in [2.05, 4.69) is 15.6 Å². The fourth-order valence-electron chi connectivity index (χ4n) is 2.91. The predicted octanol–water partition coefficient (Wildman–Crippen LogP) is 2.40. The van der Waals surface area contributed by atoms with E-state index in [1.54, 1.807) is 0 Å². The number of nitrogens with zero attached hydrogens (tertiary/aromatic N) is 1. The Hall–Kier alpha value is -1.86. The second kappa shape index (κ2) is 8.01. The van der Waals surface area contributed by atoms with Gasteiger partial charge in [-0.2, -0.15) is 0 Å². The van der Waals surface area contributed by atoms with Gasteiger partial charge in [-0.1, -0.05) is 29.5 Å². The Morgan fingerprint density at radius 2 is 2.28 bits per heavy atom. The quantitative estimate of drug-likeness (QED) is 0.844. The molecule has 0 unspecified atom stereocenters. The van der Waals surface area contributed by atoms with Crippen LogP contribution in [0.25, 0.3) is 0 Å². The molecule has 3 rings (SSSR count). The van der Waals surface area contributed by atoms with Crippen molar-refractivity contribution in [2.45, 2.75) is 44.5 Å². The molecule has 0 bridgehead atoms. The molecule has 0 saturated carbocycles. The van der Waals surface area contributed by atoms with Crippen LogP contribution in [0.3, 0.4) is 0 Å². The molecule has 1 aromatic rings. The maximum absolute atomic E-state index is 12.3. The summed E-state index contributed by atoms with van der Waals surface area (Å²) in [7, 11) is 0. The predicted molar refractivity (Wildman–Crippen MR) is 100.0 cm³/mol. The number of anilines is 1. The lowest BCUT2D eigenvalue weighted by Crippen LogP contribution is -2.28. The third-order valence-electron chi connectivity index (χ3n) is 4.27. The molecule has 2 N–H and O–H groups in total. The number of carbonyl (C=O) groups is 2. The van der Waals surface area contributed by atoms with Gasteiger partial charge in [-0.05, 0) is 38.3 Å². The number of benzene rings is 1. The molecule has 2 heterocycles. The number of nitrogens with one attached hydrogen (secondary N) is 2. The molecular weight excluding hydrogens is 338 g/mol. The molecule has 25 heavy (non-hydrogen) atoms. The summed E-state index contributed by atoms with van der Waals surface area (Å²) in [5, 5.41) is 5.79. The average Bonchev–Trinajstić information content (AvgIpc) is 3.18. The van der Waals surface area contributed by atoms with Gasteiger partial charge in [0.2, 0.25) is 11.8 Å². The van der Waals surface area contributed by atoms with Gasteiger partial charge in [0, 0.05) is 18.7 Å². The summed E-state index contributed by atoms with van der Waals surface area (Å²) >= 11 is 1.32. The maximum atomic E-state index is 12.3. The number of amides is 2. The molecule has 0 aromatic heterocycles. The molecule has 0 aliphatic carbocycles. The molecule has 2 fully saturated rings. The van der Waals surface area contributed by atoms with Crippen molar-refractivity contribution in [1.29, 1.82) is 0 Å². The number of thioether (sulfide) groups is 1. The van der Waals surface area contributed by atoms with Crippen LogP contribution in [-0.4, -0.2) is 41.5 Å². The summed E-state index contributed by atoms with van der Waals surface area (Å²) in [5.41, 5.74) is 2.94. The normalized spacial score (nSPS) is 24.6. The molecular formula is C18H23N3O3S. The monoisotopic (exact) mass is 361 g/mol. The standard InChI is InChI=1S/C18H23N3O3S/c1-11-5-6-14(12(2)8-11)20-16(22)9-15-17(23)21-18(25-15)19-10-13-4-3-7-24-13/h5-6,8,13,15H,3-4,7,9-10H2,1-2H3,(H,20,22)(H,19,21,23)/t13-,15+/m0/s1. The Kier molecular flexibility index (Phi) is 5.75. The molecule has 2 aliphatic rings. The van der Waals surface area contributed by atoms with Gasteiger partial charge < -0.3 is 15.4 Å². The second-order valence-corrected chi connectivity index (χ2v) is 7.64. The third kappa shape index (κ3) is 4.83. The highest BCUT2D eigenvalue weighted by Crippen LogP contribution is 2.24. The highest BCUT2D eigenvalue weighted by molar-refractivity contribution is 8.15. The Bertz CT molecular complexity index is 699. The lowest BCUT2D eigenvalue weighted by molar-refractivity contribution is -0.122. The van der Waals surface area contributed by atoms with Gasteiger partial charge in [-0.15, -0.1) is 0 Å². The summed E-state index contributed by atoms with van der Waals surface area (Å²) in [6, 6.07) is 5.86. The zero-order chi connectivity index (χ0) is 17.8. The van der Waals surface area contributed by atoms with Crippen LogP contribution in [0.5, 0.6) is 0 Å². The Morgan fingerprint density at radius 1 is 1.44 bits per heavy atom. The van der Waals surface area contributed by atoms with Crippen LogP contribution < -0.4 is 10.6 Å². The van der Waals surface area contributed by atoms with Crippen molar-refractivity contribution in [1.82, 2.24) is 5.32 Å². The largest absolute Gasteiger partial charge is 0.376 e. The van der Waals surface area contributed by atoms with Gasteiger partial charge in [0.25, 0.3) is 0 Å². The highest BCUT2D eigenvalue weighted by Gasteiger charge is 2.32. The van der Waals surface area contributed by atoms with Gasteiger partial charge in [0.15, 0.2) is 5.17 Å². The first kappa shape index (κ1) is 17.9. The minimum absolute atomic E-state index is 0.128. The molecule has 1 aromatic carbocycles. The number of rotatable bonds is 5. The lowest BCUT2D eigenvalue weighted by Gasteiger charge is -2.10. The number of amidine groups is 1. The van der Waals surface area contributed by atoms with E-state index < -0.39 is 5.25 Å². The van der Waals surface area contributed by atoms with Crippen molar-refractivity contribution < 1.29 is 14.3 Å². The van der Waals surface area contributed by atoms with Gasteiger partial charge in [0.05, 0.1) is 12.6 Å². The van der Waals surface area contributed by atoms with E-state index in [-0.39, 0.29) is 24.3 Å². The van der Waals surface area contributed by atoms with E-state index in [1.165, 1.54) is 11.8 Å². The van der Waals surface area contributed by atoms with Gasteiger partial charge in [0.1, 0.15) is 5.25 Å². The topological polar surface area (TPSA) is 79.8 Å². The second-order valence-electron chi connectivity index (χ2n) is 6.45. The molecule has 7 heteroatoms. The zero-order valence-corrected chi connectivity index (χ0v) is 15.3. The van der Waals surface area contributed by atoms with Crippen LogP contribution in [0, 0.1) is 13.8 Å². The van der Waals surface area contributed by atoms with Gasteiger partial charge >= 0.3 is 0 Å². The zero-order valence-electron chi connectivity index (χ0n) is 14.5. The molecule has 134 valence electrons. The van der Waals surface area contributed by atoms with Crippen LogP contribution in [0.15, 0.2) is 23.2 Å². The lowest BCUT2D eigenvalue weighted by atomic mass is 10.1. The average molecular weight is 361 g/mol. The number of hydrogen-bond donors (Lipinski definition) is 2. The van der Waals surface area contributed by atoms with Crippen molar-refractivity contribution in [3.8, 4) is 0 Å². The maximum Gasteiger partial charge on any atom is 0.240 e. The molecule has 6 nitrogen and oxygen atoms in total. The van der Waals surface area contributed by atoms with E-state index >= 15 is 0 Å². The SMILES string of the molecule is Cc1ccc(NC(=O)C[C@H]2SC(=NC[C@@H]3CCCO3)NC2=O)c(C)c1. The molecule has 0 radical (unpaired) electrons. The third-order valence-corrected chi connectivity index (χ3v) is 5.39. The van der Waals surface area contributed by atoms with Crippen LogP contribution in [0.2, 0.25) is 0 Å². The fourth-order valence-corrected chi connectivity index (χ4v) is 3.89. The summed E-state index contributed by atoms with van der Waals surface area (Å²) in [4.78, 5) is 28.7. The number of aliphatic imine (C=N–C) groups is 1. The first-order valence-corrected chi connectivity index (χ1v) is 9.40. The van der Waals surface area contributed by atoms with Gasteiger partial charge in [-0.3, -0.25) is 14.6 Å². The number of hydrogen-bond acceptors (Lipinski definition) is 5. The minimum atomic E-state index is -0.436. The summed E-state index contributed by atoms with van der Waals surface area (Å²) in [6.45, 7) is 5.31. The van der Waals surface area contributed by atoms with Crippen LogP contribution in [0.1, 0.15) is 30.4 Å². The van der Waals surface area contributed by atoms with Crippen molar-refractivity contribution in [3.05, 3.63) is 29.3 Å². The molecule has 0 spiro atoms. The first-order chi connectivity index (χ1) is 12.0. The summed E-state index contributed by atoms with van der Waals surface area (Å²) in [5.74, 6) is -0.327. The Morgan fingerprint density at radius 3 is 3.00 bits per heavy atom. The summed E-state index contributed by atoms with van der Waals surface area (Å²) < 4.78 is 5.52. The van der Waals surface area contributed by atoms with E-state index in [0.717, 1.165) is 36.3 Å².